The Morgan fingerprint density at radius 2 is 1.03 bits per heavy atom. The molecule has 0 saturated heterocycles. The second-order valence-electron chi connectivity index (χ2n) is 13.1. The van der Waals surface area contributed by atoms with E-state index in [0.717, 1.165) is 0 Å². The molecule has 1 aliphatic rings. The average Bonchev–Trinajstić information content (AvgIpc) is 2.63. The molecule has 2 rings (SSSR count). The van der Waals surface area contributed by atoms with E-state index < -0.39 is 10.2 Å². The minimum atomic E-state index is -4.94. The maximum Gasteiger partial charge on any atom is -0.112 e. The third-order valence-electron chi connectivity index (χ3n) is 5.17. The molecule has 2 heterocycles. The molecule has 7 heteroatoms. The second-order valence-corrected chi connectivity index (χ2v) is 17.3. The fraction of sp³-hybridized carbons (Fsp3) is 0.552. The van der Waals surface area contributed by atoms with Crippen molar-refractivity contribution in [2.45, 2.75) is 93.9 Å². The van der Waals surface area contributed by atoms with E-state index in [-0.39, 0.29) is 21.7 Å². The fourth-order valence-electron chi connectivity index (χ4n) is 2.98. The first kappa shape index (κ1) is 33.2. The molecule has 1 aliphatic heterocycles. The molecule has 0 N–H and O–H groups in total. The van der Waals surface area contributed by atoms with Gasteiger partial charge in [0.15, 0.2) is 0 Å². The summed E-state index contributed by atoms with van der Waals surface area (Å²) >= 11 is 2.38. The number of halogens is 1. The SMILES string of the molecule is CC(C)(C)C1=CC(=C/C=C/c2cc(C(C)(C)C)[s+]c(C(C)(C)C)c2)C=C(C(C)(C)C)[Se]1.[O-][Cl+3]([O-])([O-])[O-]. The van der Waals surface area contributed by atoms with E-state index in [1.165, 1.54) is 20.9 Å². The molecular formula is C29H43ClO4SSe. The zero-order chi connectivity index (χ0) is 28.3. The normalized spacial score (nSPS) is 15.8. The van der Waals surface area contributed by atoms with E-state index in [2.05, 4.69) is 126 Å². The quantitative estimate of drug-likeness (QED) is 0.371. The molecule has 36 heavy (non-hydrogen) atoms. The van der Waals surface area contributed by atoms with Crippen LogP contribution < -0.4 is 18.6 Å². The summed E-state index contributed by atoms with van der Waals surface area (Å²) in [4.78, 5) is 2.88. The predicted molar refractivity (Wildman–Crippen MR) is 144 cm³/mol. The standard InChI is InChI=1S/C29H43SSe.ClHO4/c1-26(2,3)22-16-20(17-23(30-22)27(4,5)6)14-13-15-21-18-24(28(7,8)9)31-25(19-21)29(10,11)12;2-1(3,4)5/h13-19H,1-12H3;(H,2,3,4,5)/q+1;/p-1/b14-13+;. The van der Waals surface area contributed by atoms with Crippen molar-refractivity contribution in [1.29, 1.82) is 0 Å². The Labute approximate surface area is 231 Å². The van der Waals surface area contributed by atoms with Crippen LogP contribution in [0.5, 0.6) is 0 Å². The topological polar surface area (TPSA) is 92.2 Å². The monoisotopic (exact) mass is 602 g/mol. The van der Waals surface area contributed by atoms with Crippen molar-refractivity contribution in [1.82, 2.24) is 0 Å². The maximum absolute atomic E-state index is 8.49. The van der Waals surface area contributed by atoms with Crippen LogP contribution in [0.25, 0.3) is 6.08 Å². The molecule has 0 bridgehead atoms. The molecule has 0 atom stereocenters. The van der Waals surface area contributed by atoms with Crippen LogP contribution in [0.15, 0.2) is 51.0 Å². The van der Waals surface area contributed by atoms with Gasteiger partial charge in [0.05, 0.1) is 0 Å². The van der Waals surface area contributed by atoms with Gasteiger partial charge in [-0.05, 0) is 0 Å². The van der Waals surface area contributed by atoms with Crippen molar-refractivity contribution in [3.05, 3.63) is 66.3 Å². The fourth-order valence-corrected chi connectivity index (χ4v) is 6.82. The number of hydrogen-bond acceptors (Lipinski definition) is 4. The molecule has 0 aromatic carbocycles. The maximum atomic E-state index is 8.49. The minimum absolute atomic E-state index is 0.160. The van der Waals surface area contributed by atoms with Crippen molar-refractivity contribution >= 4 is 32.4 Å². The minimum Gasteiger partial charge on any atom is -0.222 e. The van der Waals surface area contributed by atoms with Crippen LogP contribution in [-0.2, 0) is 10.8 Å². The molecule has 0 radical (unpaired) electrons. The number of rotatable bonds is 2. The van der Waals surface area contributed by atoms with Crippen LogP contribution >= 0.6 is 11.3 Å². The molecule has 1 aromatic heterocycles. The Morgan fingerprint density at radius 3 is 1.33 bits per heavy atom. The Balaban J connectivity index is 0.00000118. The van der Waals surface area contributed by atoms with E-state index in [1.54, 1.807) is 8.94 Å². The Bertz CT molecular complexity index is 965. The van der Waals surface area contributed by atoms with E-state index in [9.17, 15) is 0 Å². The average molecular weight is 602 g/mol. The summed E-state index contributed by atoms with van der Waals surface area (Å²) in [5.41, 5.74) is 3.38. The van der Waals surface area contributed by atoms with Gasteiger partial charge < -0.3 is 0 Å². The van der Waals surface area contributed by atoms with Gasteiger partial charge in [-0.15, -0.1) is 10.2 Å². The van der Waals surface area contributed by atoms with Crippen molar-refractivity contribution in [3.8, 4) is 0 Å². The molecule has 0 amide bonds. The Kier molecular flexibility index (Phi) is 11.0. The van der Waals surface area contributed by atoms with Gasteiger partial charge in [-0.2, -0.15) is 0 Å². The van der Waals surface area contributed by atoms with Crippen molar-refractivity contribution in [2.75, 3.05) is 0 Å². The van der Waals surface area contributed by atoms with Crippen molar-refractivity contribution in [3.63, 3.8) is 0 Å². The third kappa shape index (κ3) is 12.1. The van der Waals surface area contributed by atoms with Crippen LogP contribution in [0.1, 0.15) is 98.4 Å². The zero-order valence-corrected chi connectivity index (χ0v) is 27.2. The summed E-state index contributed by atoms with van der Waals surface area (Å²) in [5.74, 6) is 0. The van der Waals surface area contributed by atoms with Gasteiger partial charge >= 0.3 is 203 Å². The molecule has 0 saturated carbocycles. The van der Waals surface area contributed by atoms with Crippen molar-refractivity contribution in [2.24, 2.45) is 10.8 Å². The van der Waals surface area contributed by atoms with Gasteiger partial charge in [0.1, 0.15) is 0 Å². The Morgan fingerprint density at radius 1 is 0.667 bits per heavy atom. The van der Waals surface area contributed by atoms with Crippen LogP contribution in [0, 0.1) is 21.1 Å². The van der Waals surface area contributed by atoms with Crippen LogP contribution in [-0.4, -0.2) is 15.0 Å². The molecular weight excluding hydrogens is 559 g/mol. The number of allylic oxidation sites excluding steroid dienone is 7. The zero-order valence-electron chi connectivity index (χ0n) is 23.9. The van der Waals surface area contributed by atoms with Gasteiger partial charge in [0.25, 0.3) is 0 Å². The molecule has 0 aliphatic carbocycles. The Hall–Kier alpha value is -0.821. The first-order chi connectivity index (χ1) is 15.9. The van der Waals surface area contributed by atoms with Crippen LogP contribution in [0.2, 0.25) is 0 Å². The molecule has 4 nitrogen and oxygen atoms in total. The van der Waals surface area contributed by atoms with E-state index >= 15 is 0 Å². The third-order valence-corrected chi connectivity index (χ3v) is 11.1. The van der Waals surface area contributed by atoms with E-state index in [4.69, 9.17) is 18.6 Å². The summed E-state index contributed by atoms with van der Waals surface area (Å²) in [6.45, 7) is 27.9. The van der Waals surface area contributed by atoms with Crippen LogP contribution in [0.4, 0.5) is 0 Å². The summed E-state index contributed by atoms with van der Waals surface area (Å²) in [6.07, 6.45) is 11.7. The molecule has 1 aromatic rings. The van der Waals surface area contributed by atoms with Gasteiger partial charge in [-0.25, -0.2) is 18.6 Å². The van der Waals surface area contributed by atoms with E-state index in [1.807, 2.05) is 11.3 Å². The molecule has 202 valence electrons. The van der Waals surface area contributed by atoms with Gasteiger partial charge in [0.2, 0.25) is 0 Å². The predicted octanol–water partition coefficient (Wildman–Crippen LogP) is 4.39. The van der Waals surface area contributed by atoms with Crippen LogP contribution in [0.3, 0.4) is 0 Å². The summed E-state index contributed by atoms with van der Waals surface area (Å²) in [5, 5.41) is 0. The largest absolute Gasteiger partial charge is 0.222 e. The number of hydrogen-bond donors (Lipinski definition) is 0. The summed E-state index contributed by atoms with van der Waals surface area (Å²) in [7, 11) is -4.94. The first-order valence-corrected chi connectivity index (χ1v) is 15.8. The molecule has 0 unspecified atom stereocenters. The van der Waals surface area contributed by atoms with E-state index in [0.29, 0.717) is 15.0 Å². The molecule has 0 spiro atoms. The van der Waals surface area contributed by atoms with Gasteiger partial charge in [-0.3, -0.25) is 0 Å². The van der Waals surface area contributed by atoms with Gasteiger partial charge in [0, 0.05) is 0 Å². The van der Waals surface area contributed by atoms with Crippen molar-refractivity contribution < 1.29 is 28.9 Å². The van der Waals surface area contributed by atoms with Gasteiger partial charge in [-0.1, -0.05) is 0 Å². The summed E-state index contributed by atoms with van der Waals surface area (Å²) < 4.78 is 37.1. The smallest absolute Gasteiger partial charge is 0.112 e. The molecule has 0 fully saturated rings. The first-order valence-electron chi connectivity index (χ1n) is 12.0. The second kappa shape index (κ2) is 11.9. The summed E-state index contributed by atoms with van der Waals surface area (Å²) in [6, 6.07) is 4.73.